The summed E-state index contributed by atoms with van der Waals surface area (Å²) in [6.07, 6.45) is 0. The van der Waals surface area contributed by atoms with Gasteiger partial charge in [-0.3, -0.25) is 0 Å². The summed E-state index contributed by atoms with van der Waals surface area (Å²) < 4.78 is 0. The van der Waals surface area contributed by atoms with Crippen LogP contribution in [0, 0.1) is 6.92 Å². The average molecular weight is 239 g/mol. The Morgan fingerprint density at radius 1 is 0.833 bits per heavy atom. The van der Waals surface area contributed by atoms with Crippen molar-refractivity contribution in [2.45, 2.75) is 33.1 Å². The Morgan fingerprint density at radius 3 is 2.11 bits per heavy atom. The molecule has 0 bridgehead atoms. The van der Waals surface area contributed by atoms with Gasteiger partial charge in [-0.1, -0.05) is 51.1 Å². The highest BCUT2D eigenvalue weighted by molar-refractivity contribution is 5.64. The molecule has 2 aromatic rings. The first kappa shape index (κ1) is 12.7. The molecule has 0 saturated heterocycles. The zero-order valence-electron chi connectivity index (χ0n) is 11.6. The van der Waals surface area contributed by atoms with E-state index >= 15 is 0 Å². The third kappa shape index (κ3) is 2.73. The van der Waals surface area contributed by atoms with Gasteiger partial charge in [0.05, 0.1) is 0 Å². The molecule has 0 fully saturated rings. The second kappa shape index (κ2) is 4.85. The van der Waals surface area contributed by atoms with E-state index in [0.29, 0.717) is 0 Å². The predicted molar refractivity (Wildman–Crippen MR) is 79.6 cm³/mol. The van der Waals surface area contributed by atoms with Gasteiger partial charge in [-0.2, -0.15) is 0 Å². The summed E-state index contributed by atoms with van der Waals surface area (Å²) in [5, 5.41) is 3.48. The second-order valence-electron chi connectivity index (χ2n) is 5.72. The van der Waals surface area contributed by atoms with Crippen LogP contribution in [0.2, 0.25) is 0 Å². The smallest absolute Gasteiger partial charge is 0.0416 e. The lowest BCUT2D eigenvalue weighted by atomic mass is 9.83. The van der Waals surface area contributed by atoms with Crippen LogP contribution in [0.3, 0.4) is 0 Å². The maximum absolute atomic E-state index is 3.48. The summed E-state index contributed by atoms with van der Waals surface area (Å²) in [5.74, 6) is 0. The van der Waals surface area contributed by atoms with Crippen LogP contribution in [-0.2, 0) is 5.41 Å². The molecular weight excluding hydrogens is 218 g/mol. The molecule has 0 radical (unpaired) electrons. The molecule has 2 rings (SSSR count). The zero-order chi connectivity index (χ0) is 13.2. The first-order valence-corrected chi connectivity index (χ1v) is 6.40. The molecule has 0 amide bonds. The summed E-state index contributed by atoms with van der Waals surface area (Å²) in [6.45, 7) is 8.94. The first-order valence-electron chi connectivity index (χ1n) is 6.40. The molecule has 94 valence electrons. The summed E-state index contributed by atoms with van der Waals surface area (Å²) >= 11 is 0. The van der Waals surface area contributed by atoms with Crippen molar-refractivity contribution in [1.82, 2.24) is 0 Å². The molecule has 0 atom stereocenters. The summed E-state index contributed by atoms with van der Waals surface area (Å²) in [5.41, 5.74) is 5.22. The van der Waals surface area contributed by atoms with Gasteiger partial charge in [0.2, 0.25) is 0 Å². The number of benzene rings is 2. The molecule has 0 saturated carbocycles. The zero-order valence-corrected chi connectivity index (χ0v) is 11.6. The highest BCUT2D eigenvalue weighted by atomic mass is 14.9. The monoisotopic (exact) mass is 239 g/mol. The Bertz CT molecular complexity index is 521. The number of hydrogen-bond acceptors (Lipinski definition) is 1. The molecular formula is C17H21N. The molecule has 0 aliphatic heterocycles. The normalized spacial score (nSPS) is 11.3. The highest BCUT2D eigenvalue weighted by Crippen LogP contribution is 2.31. The van der Waals surface area contributed by atoms with Gasteiger partial charge < -0.3 is 5.32 Å². The molecule has 0 spiro atoms. The SMILES string of the molecule is Cc1c(Nc2ccccc2)cccc1C(C)(C)C. The van der Waals surface area contributed by atoms with Crippen molar-refractivity contribution in [2.75, 3.05) is 5.32 Å². The molecule has 0 unspecified atom stereocenters. The number of nitrogens with one attached hydrogen (secondary N) is 1. The van der Waals surface area contributed by atoms with Crippen molar-refractivity contribution in [3.8, 4) is 0 Å². The minimum absolute atomic E-state index is 0.179. The van der Waals surface area contributed by atoms with Gasteiger partial charge in [-0.15, -0.1) is 0 Å². The van der Waals surface area contributed by atoms with E-state index in [2.05, 4.69) is 63.3 Å². The highest BCUT2D eigenvalue weighted by Gasteiger charge is 2.17. The minimum Gasteiger partial charge on any atom is -0.355 e. The van der Waals surface area contributed by atoms with E-state index in [4.69, 9.17) is 0 Å². The fourth-order valence-electron chi connectivity index (χ4n) is 2.26. The molecule has 0 aromatic heterocycles. The van der Waals surface area contributed by atoms with E-state index in [1.807, 2.05) is 18.2 Å². The topological polar surface area (TPSA) is 12.0 Å². The van der Waals surface area contributed by atoms with Crippen LogP contribution in [-0.4, -0.2) is 0 Å². The quantitative estimate of drug-likeness (QED) is 0.774. The van der Waals surface area contributed by atoms with Gasteiger partial charge in [0.25, 0.3) is 0 Å². The van der Waals surface area contributed by atoms with Gasteiger partial charge in [0.1, 0.15) is 0 Å². The van der Waals surface area contributed by atoms with Crippen LogP contribution in [0.15, 0.2) is 48.5 Å². The fraction of sp³-hybridized carbons (Fsp3) is 0.294. The Hall–Kier alpha value is -1.76. The van der Waals surface area contributed by atoms with Gasteiger partial charge in [0, 0.05) is 11.4 Å². The van der Waals surface area contributed by atoms with E-state index in [9.17, 15) is 0 Å². The molecule has 0 aliphatic carbocycles. The van der Waals surface area contributed by atoms with E-state index in [-0.39, 0.29) is 5.41 Å². The lowest BCUT2D eigenvalue weighted by Gasteiger charge is -2.23. The Morgan fingerprint density at radius 2 is 1.50 bits per heavy atom. The number of rotatable bonds is 2. The lowest BCUT2D eigenvalue weighted by molar-refractivity contribution is 0.586. The van der Waals surface area contributed by atoms with Crippen LogP contribution in [0.1, 0.15) is 31.9 Å². The maximum atomic E-state index is 3.48. The third-order valence-electron chi connectivity index (χ3n) is 3.19. The van der Waals surface area contributed by atoms with Crippen molar-refractivity contribution in [3.05, 3.63) is 59.7 Å². The van der Waals surface area contributed by atoms with Crippen molar-refractivity contribution >= 4 is 11.4 Å². The molecule has 1 heteroatoms. The standard InChI is InChI=1S/C17H21N/c1-13-15(17(2,3)4)11-8-12-16(13)18-14-9-6-5-7-10-14/h5-12,18H,1-4H3. The molecule has 2 aromatic carbocycles. The van der Waals surface area contributed by atoms with E-state index in [1.165, 1.54) is 16.8 Å². The van der Waals surface area contributed by atoms with Crippen molar-refractivity contribution in [3.63, 3.8) is 0 Å². The van der Waals surface area contributed by atoms with Gasteiger partial charge >= 0.3 is 0 Å². The fourth-order valence-corrected chi connectivity index (χ4v) is 2.26. The predicted octanol–water partition coefficient (Wildman–Crippen LogP) is 5.04. The van der Waals surface area contributed by atoms with Crippen LogP contribution in [0.4, 0.5) is 11.4 Å². The Balaban J connectivity index is 2.36. The van der Waals surface area contributed by atoms with E-state index in [0.717, 1.165) is 5.69 Å². The van der Waals surface area contributed by atoms with Crippen LogP contribution < -0.4 is 5.32 Å². The number of anilines is 2. The minimum atomic E-state index is 0.179. The van der Waals surface area contributed by atoms with Crippen LogP contribution in [0.25, 0.3) is 0 Å². The summed E-state index contributed by atoms with van der Waals surface area (Å²) in [6, 6.07) is 16.8. The van der Waals surface area contributed by atoms with Crippen molar-refractivity contribution in [1.29, 1.82) is 0 Å². The van der Waals surface area contributed by atoms with Crippen LogP contribution >= 0.6 is 0 Å². The molecule has 0 heterocycles. The van der Waals surface area contributed by atoms with Gasteiger partial charge in [-0.25, -0.2) is 0 Å². The van der Waals surface area contributed by atoms with Gasteiger partial charge in [0.15, 0.2) is 0 Å². The lowest BCUT2D eigenvalue weighted by Crippen LogP contribution is -2.13. The number of hydrogen-bond donors (Lipinski definition) is 1. The summed E-state index contributed by atoms with van der Waals surface area (Å²) in [7, 11) is 0. The Kier molecular flexibility index (Phi) is 3.42. The second-order valence-corrected chi connectivity index (χ2v) is 5.72. The maximum Gasteiger partial charge on any atom is 0.0416 e. The van der Waals surface area contributed by atoms with E-state index in [1.54, 1.807) is 0 Å². The van der Waals surface area contributed by atoms with Gasteiger partial charge in [-0.05, 0) is 41.7 Å². The molecule has 1 N–H and O–H groups in total. The number of para-hydroxylation sites is 1. The van der Waals surface area contributed by atoms with E-state index < -0.39 is 0 Å². The first-order chi connectivity index (χ1) is 8.48. The van der Waals surface area contributed by atoms with Crippen LogP contribution in [0.5, 0.6) is 0 Å². The summed E-state index contributed by atoms with van der Waals surface area (Å²) in [4.78, 5) is 0. The largest absolute Gasteiger partial charge is 0.355 e. The third-order valence-corrected chi connectivity index (χ3v) is 3.19. The van der Waals surface area contributed by atoms with Crippen molar-refractivity contribution in [2.24, 2.45) is 0 Å². The molecule has 18 heavy (non-hydrogen) atoms. The Labute approximate surface area is 110 Å². The molecule has 1 nitrogen and oxygen atoms in total. The average Bonchev–Trinajstić information content (AvgIpc) is 2.32. The van der Waals surface area contributed by atoms with Crippen molar-refractivity contribution < 1.29 is 0 Å². The molecule has 0 aliphatic rings.